The summed E-state index contributed by atoms with van der Waals surface area (Å²) in [4.78, 5) is 2.28. The van der Waals surface area contributed by atoms with E-state index in [0.29, 0.717) is 6.61 Å². The lowest BCUT2D eigenvalue weighted by Crippen LogP contribution is -2.38. The number of nitrogens with zero attached hydrogens (tertiary/aromatic N) is 1. The van der Waals surface area contributed by atoms with Crippen LogP contribution >= 0.6 is 0 Å². The Morgan fingerprint density at radius 2 is 2.00 bits per heavy atom. The second kappa shape index (κ2) is 8.21. The third-order valence-corrected chi connectivity index (χ3v) is 2.25. The van der Waals surface area contributed by atoms with Gasteiger partial charge in [-0.2, -0.15) is 0 Å². The third-order valence-electron chi connectivity index (χ3n) is 2.25. The molecule has 0 rings (SSSR count). The molecule has 0 saturated heterocycles. The van der Waals surface area contributed by atoms with Crippen LogP contribution in [-0.4, -0.2) is 44.8 Å². The van der Waals surface area contributed by atoms with Gasteiger partial charge in [0.25, 0.3) is 0 Å². The Balaban J connectivity index is 3.39. The highest BCUT2D eigenvalue weighted by Crippen LogP contribution is 2.04. The Hall–Kier alpha value is -0.120. The summed E-state index contributed by atoms with van der Waals surface area (Å²) in [6, 6.07) is 0.143. The average Bonchev–Trinajstić information content (AvgIpc) is 2.03. The molecule has 0 aromatic carbocycles. The SMILES string of the molecule is COCC(N)CN(C)CCCC(C)C. The van der Waals surface area contributed by atoms with Crippen LogP contribution in [0.1, 0.15) is 26.7 Å². The first-order valence-corrected chi connectivity index (χ1v) is 5.49. The van der Waals surface area contributed by atoms with Crippen LogP contribution in [0.25, 0.3) is 0 Å². The van der Waals surface area contributed by atoms with Gasteiger partial charge in [0, 0.05) is 19.7 Å². The van der Waals surface area contributed by atoms with Crippen molar-refractivity contribution in [1.29, 1.82) is 0 Å². The van der Waals surface area contributed by atoms with Crippen molar-refractivity contribution in [1.82, 2.24) is 4.90 Å². The summed E-state index contributed by atoms with van der Waals surface area (Å²) in [5, 5.41) is 0. The van der Waals surface area contributed by atoms with Gasteiger partial charge < -0.3 is 15.4 Å². The summed E-state index contributed by atoms with van der Waals surface area (Å²) < 4.78 is 5.00. The molecule has 0 aliphatic carbocycles. The second-order valence-electron chi connectivity index (χ2n) is 4.51. The molecule has 86 valence electrons. The number of hydrogen-bond acceptors (Lipinski definition) is 3. The van der Waals surface area contributed by atoms with Crippen molar-refractivity contribution in [3.05, 3.63) is 0 Å². The second-order valence-corrected chi connectivity index (χ2v) is 4.51. The van der Waals surface area contributed by atoms with Crippen LogP contribution in [-0.2, 0) is 4.74 Å². The summed E-state index contributed by atoms with van der Waals surface area (Å²) in [5.41, 5.74) is 5.85. The highest BCUT2D eigenvalue weighted by Gasteiger charge is 2.06. The summed E-state index contributed by atoms with van der Waals surface area (Å²) in [6.45, 7) is 7.23. The molecule has 1 unspecified atom stereocenters. The van der Waals surface area contributed by atoms with Crippen LogP contribution in [0.3, 0.4) is 0 Å². The molecular formula is C11H26N2O. The lowest BCUT2D eigenvalue weighted by molar-refractivity contribution is 0.160. The van der Waals surface area contributed by atoms with Crippen LogP contribution in [0.4, 0.5) is 0 Å². The predicted octanol–water partition coefficient (Wildman–Crippen LogP) is 1.33. The fourth-order valence-corrected chi connectivity index (χ4v) is 1.53. The molecular weight excluding hydrogens is 176 g/mol. The van der Waals surface area contributed by atoms with E-state index in [9.17, 15) is 0 Å². The lowest BCUT2D eigenvalue weighted by atomic mass is 10.1. The van der Waals surface area contributed by atoms with E-state index in [4.69, 9.17) is 10.5 Å². The first-order valence-electron chi connectivity index (χ1n) is 5.49. The van der Waals surface area contributed by atoms with Crippen LogP contribution in [0.5, 0.6) is 0 Å². The third kappa shape index (κ3) is 8.48. The highest BCUT2D eigenvalue weighted by atomic mass is 16.5. The van der Waals surface area contributed by atoms with E-state index in [1.54, 1.807) is 7.11 Å². The molecule has 0 aliphatic rings. The Morgan fingerprint density at radius 1 is 1.36 bits per heavy atom. The smallest absolute Gasteiger partial charge is 0.0626 e. The maximum Gasteiger partial charge on any atom is 0.0626 e. The minimum absolute atomic E-state index is 0.143. The van der Waals surface area contributed by atoms with Crippen molar-refractivity contribution in [3.8, 4) is 0 Å². The predicted molar refractivity (Wildman–Crippen MR) is 61.4 cm³/mol. The van der Waals surface area contributed by atoms with E-state index >= 15 is 0 Å². The van der Waals surface area contributed by atoms with Crippen molar-refractivity contribution >= 4 is 0 Å². The zero-order chi connectivity index (χ0) is 11.0. The van der Waals surface area contributed by atoms with Crippen molar-refractivity contribution < 1.29 is 4.74 Å². The van der Waals surface area contributed by atoms with Crippen molar-refractivity contribution in [2.75, 3.05) is 33.9 Å². The molecule has 0 amide bonds. The van der Waals surface area contributed by atoms with Crippen LogP contribution in [0.2, 0.25) is 0 Å². The molecule has 0 aromatic rings. The molecule has 0 spiro atoms. The van der Waals surface area contributed by atoms with Crippen molar-refractivity contribution in [3.63, 3.8) is 0 Å². The topological polar surface area (TPSA) is 38.5 Å². The van der Waals surface area contributed by atoms with Crippen LogP contribution in [0.15, 0.2) is 0 Å². The van der Waals surface area contributed by atoms with Gasteiger partial charge in [-0.05, 0) is 32.4 Å². The van der Waals surface area contributed by atoms with Crippen molar-refractivity contribution in [2.45, 2.75) is 32.7 Å². The van der Waals surface area contributed by atoms with Crippen LogP contribution < -0.4 is 5.73 Å². The van der Waals surface area contributed by atoms with E-state index in [0.717, 1.165) is 19.0 Å². The van der Waals surface area contributed by atoms with Gasteiger partial charge in [0.1, 0.15) is 0 Å². The van der Waals surface area contributed by atoms with E-state index in [1.165, 1.54) is 12.8 Å². The number of ether oxygens (including phenoxy) is 1. The Bertz CT molecular complexity index is 128. The molecule has 0 fully saturated rings. The standard InChI is InChI=1S/C11H26N2O/c1-10(2)6-5-7-13(3)8-11(12)9-14-4/h10-11H,5-9,12H2,1-4H3. The Morgan fingerprint density at radius 3 is 2.50 bits per heavy atom. The Labute approximate surface area is 88.6 Å². The number of likely N-dealkylation sites (N-methyl/N-ethyl adjacent to an activating group) is 1. The molecule has 0 heterocycles. The minimum atomic E-state index is 0.143. The van der Waals surface area contributed by atoms with Gasteiger partial charge in [-0.1, -0.05) is 13.8 Å². The molecule has 14 heavy (non-hydrogen) atoms. The molecule has 0 aliphatic heterocycles. The van der Waals surface area contributed by atoms with Crippen molar-refractivity contribution in [2.24, 2.45) is 11.7 Å². The molecule has 0 radical (unpaired) electrons. The molecule has 3 nitrogen and oxygen atoms in total. The maximum absolute atomic E-state index is 5.85. The largest absolute Gasteiger partial charge is 0.383 e. The highest BCUT2D eigenvalue weighted by molar-refractivity contribution is 4.65. The van der Waals surface area contributed by atoms with E-state index in [-0.39, 0.29) is 6.04 Å². The fourth-order valence-electron chi connectivity index (χ4n) is 1.53. The van der Waals surface area contributed by atoms with Crippen LogP contribution in [0, 0.1) is 5.92 Å². The number of methoxy groups -OCH3 is 1. The van der Waals surface area contributed by atoms with Gasteiger partial charge >= 0.3 is 0 Å². The zero-order valence-electron chi connectivity index (χ0n) is 10.1. The molecule has 0 saturated carbocycles. The van der Waals surface area contributed by atoms with E-state index in [1.807, 2.05) is 0 Å². The molecule has 2 N–H and O–H groups in total. The zero-order valence-corrected chi connectivity index (χ0v) is 10.1. The van der Waals surface area contributed by atoms with Gasteiger partial charge in [-0.3, -0.25) is 0 Å². The summed E-state index contributed by atoms with van der Waals surface area (Å²) in [7, 11) is 3.81. The first kappa shape index (κ1) is 13.9. The molecule has 3 heteroatoms. The van der Waals surface area contributed by atoms with Gasteiger partial charge in [0.05, 0.1) is 6.61 Å². The quantitative estimate of drug-likeness (QED) is 0.645. The lowest BCUT2D eigenvalue weighted by Gasteiger charge is -2.20. The first-order chi connectivity index (χ1) is 6.56. The fraction of sp³-hybridized carbons (Fsp3) is 1.00. The molecule has 0 bridgehead atoms. The number of rotatable bonds is 8. The average molecular weight is 202 g/mol. The van der Waals surface area contributed by atoms with Gasteiger partial charge in [-0.25, -0.2) is 0 Å². The Kier molecular flexibility index (Phi) is 8.14. The van der Waals surface area contributed by atoms with Gasteiger partial charge in [-0.15, -0.1) is 0 Å². The maximum atomic E-state index is 5.85. The molecule has 0 aromatic heterocycles. The van der Waals surface area contributed by atoms with E-state index in [2.05, 4.69) is 25.8 Å². The molecule has 1 atom stereocenters. The van der Waals surface area contributed by atoms with Gasteiger partial charge in [0.15, 0.2) is 0 Å². The van der Waals surface area contributed by atoms with Gasteiger partial charge in [0.2, 0.25) is 0 Å². The summed E-state index contributed by atoms with van der Waals surface area (Å²) in [6.07, 6.45) is 2.55. The minimum Gasteiger partial charge on any atom is -0.383 e. The number of hydrogen-bond donors (Lipinski definition) is 1. The summed E-state index contributed by atoms with van der Waals surface area (Å²) >= 11 is 0. The normalized spacial score (nSPS) is 13.9. The monoisotopic (exact) mass is 202 g/mol. The summed E-state index contributed by atoms with van der Waals surface area (Å²) in [5.74, 6) is 0.802. The number of nitrogens with two attached hydrogens (primary N) is 1. The van der Waals surface area contributed by atoms with E-state index < -0.39 is 0 Å².